The van der Waals surface area contributed by atoms with Crippen molar-refractivity contribution in [3.63, 3.8) is 0 Å². The van der Waals surface area contributed by atoms with Crippen LogP contribution in [-0.2, 0) is 14.9 Å². The lowest BCUT2D eigenvalue weighted by Crippen LogP contribution is -2.47. The maximum Gasteiger partial charge on any atom is 0.231 e. The van der Waals surface area contributed by atoms with Crippen LogP contribution in [0.2, 0.25) is 0 Å². The molecular weight excluding hydrogens is 344 g/mol. The van der Waals surface area contributed by atoms with Crippen molar-refractivity contribution in [1.29, 1.82) is 0 Å². The van der Waals surface area contributed by atoms with Crippen molar-refractivity contribution in [3.05, 3.63) is 23.8 Å². The summed E-state index contributed by atoms with van der Waals surface area (Å²) in [5, 5.41) is 3.09. The van der Waals surface area contributed by atoms with Crippen molar-refractivity contribution in [3.8, 4) is 11.5 Å². The Bertz CT molecular complexity index is 603. The number of nitrogens with one attached hydrogen (secondary N) is 1. The topological polar surface area (TPSA) is 82.8 Å². The molecule has 25 heavy (non-hydrogen) atoms. The zero-order valence-corrected chi connectivity index (χ0v) is 15.6. The average Bonchev–Trinajstić information content (AvgIpc) is 3.07. The predicted octanol–water partition coefficient (Wildman–Crippen LogP) is 1.98. The molecule has 2 unspecified atom stereocenters. The van der Waals surface area contributed by atoms with E-state index in [1.165, 1.54) is 0 Å². The van der Waals surface area contributed by atoms with Gasteiger partial charge >= 0.3 is 0 Å². The first-order chi connectivity index (χ1) is 11.5. The summed E-state index contributed by atoms with van der Waals surface area (Å²) >= 11 is 0. The molecule has 1 aromatic rings. The summed E-state index contributed by atoms with van der Waals surface area (Å²) in [6, 6.07) is 5.89. The van der Waals surface area contributed by atoms with E-state index in [0.29, 0.717) is 19.8 Å². The third kappa shape index (κ3) is 4.19. The molecule has 3 rings (SSSR count). The molecule has 2 aliphatic rings. The van der Waals surface area contributed by atoms with Crippen LogP contribution in [0.4, 0.5) is 0 Å². The van der Waals surface area contributed by atoms with E-state index in [1.54, 1.807) is 0 Å². The van der Waals surface area contributed by atoms with E-state index in [-0.39, 0.29) is 42.5 Å². The van der Waals surface area contributed by atoms with Gasteiger partial charge in [0.1, 0.15) is 0 Å². The first-order valence-electron chi connectivity index (χ1n) is 8.53. The quantitative estimate of drug-likeness (QED) is 0.828. The number of ether oxygens (including phenoxy) is 3. The van der Waals surface area contributed by atoms with E-state index >= 15 is 0 Å². The minimum Gasteiger partial charge on any atom is -0.454 e. The number of hydrogen-bond acceptors (Lipinski definition) is 5. The maximum atomic E-state index is 12.3. The van der Waals surface area contributed by atoms with Crippen molar-refractivity contribution in [1.82, 2.24) is 5.32 Å². The molecule has 0 saturated carbocycles. The SMILES string of the molecule is CC(N)C(C)C(=O)NCC1(c2ccc3c(c2)OCO3)CCOCC1.Cl. The van der Waals surface area contributed by atoms with E-state index in [1.807, 2.05) is 26.0 Å². The lowest BCUT2D eigenvalue weighted by molar-refractivity contribution is -0.125. The van der Waals surface area contributed by atoms with Crippen molar-refractivity contribution in [2.75, 3.05) is 26.6 Å². The Morgan fingerprint density at radius 3 is 2.60 bits per heavy atom. The number of nitrogens with two attached hydrogens (primary N) is 1. The summed E-state index contributed by atoms with van der Waals surface area (Å²) in [5.74, 6) is 1.33. The van der Waals surface area contributed by atoms with E-state index < -0.39 is 0 Å². The van der Waals surface area contributed by atoms with Gasteiger partial charge in [-0.3, -0.25) is 4.79 Å². The fraction of sp³-hybridized carbons (Fsp3) is 0.611. The molecule has 0 radical (unpaired) electrons. The molecular formula is C18H27ClN2O4. The summed E-state index contributed by atoms with van der Waals surface area (Å²) in [7, 11) is 0. The number of fused-ring (bicyclic) bond motifs is 1. The maximum absolute atomic E-state index is 12.3. The molecule has 0 aromatic heterocycles. The largest absolute Gasteiger partial charge is 0.454 e. The van der Waals surface area contributed by atoms with Crippen molar-refractivity contribution in [2.45, 2.75) is 38.1 Å². The molecule has 2 atom stereocenters. The van der Waals surface area contributed by atoms with E-state index in [9.17, 15) is 4.79 Å². The zero-order valence-electron chi connectivity index (χ0n) is 14.7. The molecule has 1 fully saturated rings. The van der Waals surface area contributed by atoms with Gasteiger partial charge in [0.05, 0.1) is 0 Å². The molecule has 1 saturated heterocycles. The molecule has 1 aromatic carbocycles. The monoisotopic (exact) mass is 370 g/mol. The second-order valence-electron chi connectivity index (χ2n) is 6.83. The zero-order chi connectivity index (χ0) is 17.2. The molecule has 140 valence electrons. The Hall–Kier alpha value is -1.50. The van der Waals surface area contributed by atoms with Crippen molar-refractivity contribution < 1.29 is 19.0 Å². The van der Waals surface area contributed by atoms with Crippen LogP contribution in [0.5, 0.6) is 11.5 Å². The van der Waals surface area contributed by atoms with Crippen LogP contribution < -0.4 is 20.5 Å². The van der Waals surface area contributed by atoms with Gasteiger partial charge in [-0.05, 0) is 37.5 Å². The third-order valence-electron chi connectivity index (χ3n) is 5.24. The number of rotatable bonds is 5. The smallest absolute Gasteiger partial charge is 0.231 e. The lowest BCUT2D eigenvalue weighted by atomic mass is 9.74. The number of carbonyl (C=O) groups is 1. The highest BCUT2D eigenvalue weighted by molar-refractivity contribution is 5.85. The van der Waals surface area contributed by atoms with Gasteiger partial charge in [0.25, 0.3) is 0 Å². The first kappa shape index (κ1) is 19.8. The molecule has 2 aliphatic heterocycles. The Kier molecular flexibility index (Phi) is 6.54. The Balaban J connectivity index is 0.00000225. The minimum atomic E-state index is -0.210. The van der Waals surface area contributed by atoms with Gasteiger partial charge < -0.3 is 25.3 Å². The summed E-state index contributed by atoms with van der Waals surface area (Å²) in [5.41, 5.74) is 6.85. The standard InChI is InChI=1S/C18H26N2O4.ClH/c1-12(13(2)19)17(21)20-10-18(5-7-22-8-6-18)14-3-4-15-16(9-14)24-11-23-15;/h3-4,9,12-13H,5-8,10-11,19H2,1-2H3,(H,20,21);1H. The number of hydrogen-bond donors (Lipinski definition) is 2. The Morgan fingerprint density at radius 2 is 1.92 bits per heavy atom. The fourth-order valence-corrected chi connectivity index (χ4v) is 3.21. The molecule has 3 N–H and O–H groups in total. The highest BCUT2D eigenvalue weighted by Gasteiger charge is 2.36. The molecule has 1 amide bonds. The van der Waals surface area contributed by atoms with Gasteiger partial charge in [0.15, 0.2) is 11.5 Å². The summed E-state index contributed by atoms with van der Waals surface area (Å²) in [6.45, 7) is 5.92. The van der Waals surface area contributed by atoms with Crippen molar-refractivity contribution in [2.24, 2.45) is 11.7 Å². The molecule has 7 heteroatoms. The van der Waals surface area contributed by atoms with Crippen LogP contribution in [-0.4, -0.2) is 38.5 Å². The van der Waals surface area contributed by atoms with E-state index in [4.69, 9.17) is 19.9 Å². The highest BCUT2D eigenvalue weighted by Crippen LogP contribution is 2.40. The summed E-state index contributed by atoms with van der Waals surface area (Å²) < 4.78 is 16.5. The highest BCUT2D eigenvalue weighted by atomic mass is 35.5. The minimum absolute atomic E-state index is 0. The summed E-state index contributed by atoms with van der Waals surface area (Å²) in [6.07, 6.45) is 1.72. The van der Waals surface area contributed by atoms with E-state index in [2.05, 4.69) is 11.4 Å². The summed E-state index contributed by atoms with van der Waals surface area (Å²) in [4.78, 5) is 12.3. The van der Waals surface area contributed by atoms with Crippen LogP contribution in [0.1, 0.15) is 32.3 Å². The van der Waals surface area contributed by atoms with Gasteiger partial charge in [-0.25, -0.2) is 0 Å². The van der Waals surface area contributed by atoms with Crippen LogP contribution >= 0.6 is 12.4 Å². The van der Waals surface area contributed by atoms with Gasteiger partial charge in [-0.2, -0.15) is 0 Å². The van der Waals surface area contributed by atoms with Gasteiger partial charge in [0.2, 0.25) is 12.7 Å². The molecule has 0 bridgehead atoms. The van der Waals surface area contributed by atoms with Gasteiger partial charge in [-0.1, -0.05) is 13.0 Å². The normalized spacial score (nSPS) is 20.3. The fourth-order valence-electron chi connectivity index (χ4n) is 3.21. The van der Waals surface area contributed by atoms with Crippen LogP contribution in [0, 0.1) is 5.92 Å². The van der Waals surface area contributed by atoms with Gasteiger partial charge in [-0.15, -0.1) is 12.4 Å². The number of carbonyl (C=O) groups excluding carboxylic acids is 1. The van der Waals surface area contributed by atoms with E-state index in [0.717, 1.165) is 29.9 Å². The first-order valence-corrected chi connectivity index (χ1v) is 8.53. The van der Waals surface area contributed by atoms with Crippen LogP contribution in [0.25, 0.3) is 0 Å². The predicted molar refractivity (Wildman–Crippen MR) is 97.4 cm³/mol. The lowest BCUT2D eigenvalue weighted by Gasteiger charge is -2.38. The Morgan fingerprint density at radius 1 is 1.24 bits per heavy atom. The number of benzene rings is 1. The average molecular weight is 371 g/mol. The number of halogens is 1. The number of amides is 1. The second kappa shape index (κ2) is 8.25. The van der Waals surface area contributed by atoms with Crippen LogP contribution in [0.15, 0.2) is 18.2 Å². The Labute approximate surface area is 154 Å². The molecule has 0 aliphatic carbocycles. The molecule has 2 heterocycles. The third-order valence-corrected chi connectivity index (χ3v) is 5.24. The van der Waals surface area contributed by atoms with Gasteiger partial charge in [0, 0.05) is 37.1 Å². The van der Waals surface area contributed by atoms with Crippen molar-refractivity contribution >= 4 is 18.3 Å². The van der Waals surface area contributed by atoms with Crippen LogP contribution in [0.3, 0.4) is 0 Å². The molecule has 6 nitrogen and oxygen atoms in total. The second-order valence-corrected chi connectivity index (χ2v) is 6.83. The molecule has 0 spiro atoms.